The largest absolute Gasteiger partial charge is 0.398 e. The van der Waals surface area contributed by atoms with Crippen molar-refractivity contribution in [1.82, 2.24) is 0 Å². The molecule has 2 N–H and O–H groups in total. The van der Waals surface area contributed by atoms with Crippen molar-refractivity contribution in [2.75, 3.05) is 24.7 Å². The zero-order valence-corrected chi connectivity index (χ0v) is 12.7. The van der Waals surface area contributed by atoms with Crippen molar-refractivity contribution in [2.45, 2.75) is 32.1 Å². The Hall–Kier alpha value is -1.07. The fraction of sp³-hybridized carbons (Fsp3) is 0.571. The van der Waals surface area contributed by atoms with Crippen LogP contribution in [0.15, 0.2) is 23.1 Å². The monoisotopic (exact) mass is 285 g/mol. The smallest absolute Gasteiger partial charge is 0.180 e. The van der Waals surface area contributed by atoms with Crippen molar-refractivity contribution in [1.29, 1.82) is 0 Å². The number of rotatable bonds is 7. The number of hydrogen-bond acceptors (Lipinski definition) is 4. The third-order valence-corrected chi connectivity index (χ3v) is 4.81. The molecule has 0 saturated carbocycles. The van der Waals surface area contributed by atoms with Gasteiger partial charge in [0.05, 0.1) is 17.3 Å². The average molecular weight is 285 g/mol. The molecule has 0 heterocycles. The molecule has 0 radical (unpaired) electrons. The highest BCUT2D eigenvalue weighted by molar-refractivity contribution is 7.91. The standard InChI is InChI=1S/C14H23NO3S/c1-11(2)7-8-18-9-10-19(16,17)14-6-4-5-13(15)12(14)3/h4-6,11H,7-10,15H2,1-3H3. The van der Waals surface area contributed by atoms with Crippen LogP contribution >= 0.6 is 0 Å². The predicted octanol–water partition coefficient (Wildman–Crippen LogP) is 2.41. The summed E-state index contributed by atoms with van der Waals surface area (Å²) in [6.45, 7) is 6.76. The molecule has 108 valence electrons. The normalized spacial score (nSPS) is 12.0. The van der Waals surface area contributed by atoms with Gasteiger partial charge in [0, 0.05) is 12.3 Å². The van der Waals surface area contributed by atoms with Gasteiger partial charge in [0.25, 0.3) is 0 Å². The van der Waals surface area contributed by atoms with Crippen LogP contribution in [0.5, 0.6) is 0 Å². The van der Waals surface area contributed by atoms with Gasteiger partial charge in [-0.2, -0.15) is 0 Å². The zero-order valence-electron chi connectivity index (χ0n) is 11.8. The first-order valence-electron chi connectivity index (χ1n) is 6.50. The molecule has 1 rings (SSSR count). The first kappa shape index (κ1) is 16.0. The Kier molecular flexibility index (Phi) is 5.82. The van der Waals surface area contributed by atoms with Crippen molar-refractivity contribution >= 4 is 15.5 Å². The van der Waals surface area contributed by atoms with Gasteiger partial charge in [-0.15, -0.1) is 0 Å². The van der Waals surface area contributed by atoms with E-state index in [0.29, 0.717) is 28.7 Å². The molecule has 0 aromatic heterocycles. The Morgan fingerprint density at radius 1 is 1.26 bits per heavy atom. The second-order valence-electron chi connectivity index (χ2n) is 5.08. The predicted molar refractivity (Wildman–Crippen MR) is 77.9 cm³/mol. The highest BCUT2D eigenvalue weighted by Crippen LogP contribution is 2.21. The maximum atomic E-state index is 12.2. The number of sulfone groups is 1. The summed E-state index contributed by atoms with van der Waals surface area (Å²) in [5.41, 5.74) is 6.85. The van der Waals surface area contributed by atoms with E-state index in [9.17, 15) is 8.42 Å². The lowest BCUT2D eigenvalue weighted by molar-refractivity contribution is 0.137. The van der Waals surface area contributed by atoms with Crippen LogP contribution in [0, 0.1) is 12.8 Å². The van der Waals surface area contributed by atoms with Gasteiger partial charge in [-0.05, 0) is 37.0 Å². The molecule has 0 bridgehead atoms. The van der Waals surface area contributed by atoms with Gasteiger partial charge >= 0.3 is 0 Å². The maximum Gasteiger partial charge on any atom is 0.180 e. The highest BCUT2D eigenvalue weighted by atomic mass is 32.2. The SMILES string of the molecule is Cc1c(N)cccc1S(=O)(=O)CCOCCC(C)C. The zero-order chi connectivity index (χ0) is 14.5. The minimum atomic E-state index is -3.32. The fourth-order valence-electron chi connectivity index (χ4n) is 1.67. The van der Waals surface area contributed by atoms with E-state index in [0.717, 1.165) is 6.42 Å². The summed E-state index contributed by atoms with van der Waals surface area (Å²) in [6, 6.07) is 4.96. The van der Waals surface area contributed by atoms with E-state index in [2.05, 4.69) is 13.8 Å². The van der Waals surface area contributed by atoms with Gasteiger partial charge in [-0.25, -0.2) is 8.42 Å². The Labute approximate surface area is 115 Å². The maximum absolute atomic E-state index is 12.2. The van der Waals surface area contributed by atoms with Gasteiger partial charge < -0.3 is 10.5 Å². The van der Waals surface area contributed by atoms with E-state index in [-0.39, 0.29) is 12.4 Å². The van der Waals surface area contributed by atoms with Crippen LogP contribution in [0.25, 0.3) is 0 Å². The van der Waals surface area contributed by atoms with Crippen molar-refractivity contribution in [2.24, 2.45) is 5.92 Å². The van der Waals surface area contributed by atoms with Crippen molar-refractivity contribution < 1.29 is 13.2 Å². The molecule has 0 spiro atoms. The number of hydrogen-bond donors (Lipinski definition) is 1. The van der Waals surface area contributed by atoms with E-state index in [1.165, 1.54) is 0 Å². The molecule has 1 aromatic carbocycles. The third-order valence-electron chi connectivity index (χ3n) is 3.00. The van der Waals surface area contributed by atoms with Crippen LogP contribution in [-0.2, 0) is 14.6 Å². The summed E-state index contributed by atoms with van der Waals surface area (Å²) in [7, 11) is -3.32. The fourth-order valence-corrected chi connectivity index (χ4v) is 3.10. The van der Waals surface area contributed by atoms with Crippen molar-refractivity contribution in [3.05, 3.63) is 23.8 Å². The topological polar surface area (TPSA) is 69.4 Å². The van der Waals surface area contributed by atoms with Crippen LogP contribution in [0.2, 0.25) is 0 Å². The van der Waals surface area contributed by atoms with Gasteiger partial charge in [0.2, 0.25) is 0 Å². The molecule has 0 fully saturated rings. The number of nitrogen functional groups attached to an aromatic ring is 1. The lowest BCUT2D eigenvalue weighted by atomic mass is 10.1. The van der Waals surface area contributed by atoms with E-state index in [1.54, 1.807) is 25.1 Å². The summed E-state index contributed by atoms with van der Waals surface area (Å²) < 4.78 is 29.7. The Morgan fingerprint density at radius 2 is 1.95 bits per heavy atom. The van der Waals surface area contributed by atoms with Gasteiger partial charge in [0.15, 0.2) is 9.84 Å². The van der Waals surface area contributed by atoms with Crippen LogP contribution < -0.4 is 5.73 Å². The molecule has 0 aliphatic carbocycles. The number of anilines is 1. The minimum absolute atomic E-state index is 0.00457. The molecular formula is C14H23NO3S. The van der Waals surface area contributed by atoms with Crippen LogP contribution in [0.3, 0.4) is 0 Å². The molecule has 19 heavy (non-hydrogen) atoms. The second kappa shape index (κ2) is 6.91. The molecule has 0 unspecified atom stereocenters. The molecule has 0 aliphatic rings. The van der Waals surface area contributed by atoms with E-state index < -0.39 is 9.84 Å². The number of ether oxygens (including phenoxy) is 1. The first-order valence-corrected chi connectivity index (χ1v) is 8.15. The van der Waals surface area contributed by atoms with Crippen molar-refractivity contribution in [3.8, 4) is 0 Å². The Bertz CT molecular complexity index is 509. The van der Waals surface area contributed by atoms with E-state index in [4.69, 9.17) is 10.5 Å². The molecular weight excluding hydrogens is 262 g/mol. The summed E-state index contributed by atoms with van der Waals surface area (Å²) in [4.78, 5) is 0.306. The molecule has 0 amide bonds. The molecule has 0 atom stereocenters. The molecule has 0 saturated heterocycles. The first-order chi connectivity index (χ1) is 8.84. The lowest BCUT2D eigenvalue weighted by Gasteiger charge is -2.10. The number of benzene rings is 1. The van der Waals surface area contributed by atoms with Crippen LogP contribution in [-0.4, -0.2) is 27.4 Å². The summed E-state index contributed by atoms with van der Waals surface area (Å²) >= 11 is 0. The number of nitrogens with two attached hydrogens (primary N) is 1. The molecule has 5 heteroatoms. The van der Waals surface area contributed by atoms with Gasteiger partial charge in [-0.1, -0.05) is 19.9 Å². The van der Waals surface area contributed by atoms with Crippen molar-refractivity contribution in [3.63, 3.8) is 0 Å². The minimum Gasteiger partial charge on any atom is -0.398 e. The van der Waals surface area contributed by atoms with Crippen LogP contribution in [0.4, 0.5) is 5.69 Å². The highest BCUT2D eigenvalue weighted by Gasteiger charge is 2.17. The second-order valence-corrected chi connectivity index (χ2v) is 7.16. The van der Waals surface area contributed by atoms with Gasteiger partial charge in [-0.3, -0.25) is 0 Å². The summed E-state index contributed by atoms with van der Waals surface area (Å²) in [6.07, 6.45) is 0.942. The third kappa shape index (κ3) is 4.84. The molecule has 4 nitrogen and oxygen atoms in total. The summed E-state index contributed by atoms with van der Waals surface area (Å²) in [5, 5.41) is 0. The van der Waals surface area contributed by atoms with E-state index >= 15 is 0 Å². The average Bonchev–Trinajstić information content (AvgIpc) is 2.31. The lowest BCUT2D eigenvalue weighted by Crippen LogP contribution is -2.15. The Morgan fingerprint density at radius 3 is 2.58 bits per heavy atom. The van der Waals surface area contributed by atoms with Gasteiger partial charge in [0.1, 0.15) is 0 Å². The summed E-state index contributed by atoms with van der Waals surface area (Å²) in [5.74, 6) is 0.558. The van der Waals surface area contributed by atoms with E-state index in [1.807, 2.05) is 0 Å². The van der Waals surface area contributed by atoms with Crippen LogP contribution in [0.1, 0.15) is 25.8 Å². The molecule has 1 aromatic rings. The Balaban J connectivity index is 2.59. The quantitative estimate of drug-likeness (QED) is 0.617. The molecule has 0 aliphatic heterocycles.